The molecule has 0 aliphatic carbocycles. The lowest BCUT2D eigenvalue weighted by molar-refractivity contribution is 0.00843. The van der Waals surface area contributed by atoms with Gasteiger partial charge in [-0.15, -0.1) is 0 Å². The smallest absolute Gasteiger partial charge is 0.0557 e. The molecule has 0 atom stereocenters. The summed E-state index contributed by atoms with van der Waals surface area (Å²) in [4.78, 5) is 0. The van der Waals surface area contributed by atoms with Crippen LogP contribution in [-0.4, -0.2) is 13.2 Å². The van der Waals surface area contributed by atoms with Crippen LogP contribution in [0.15, 0.2) is 54.6 Å². The Labute approximate surface area is 95.7 Å². The third-order valence-corrected chi connectivity index (χ3v) is 3.13. The molecule has 80 valence electrons. The zero-order valence-electron chi connectivity index (χ0n) is 9.10. The van der Waals surface area contributed by atoms with Crippen LogP contribution in [0.25, 0.3) is 11.1 Å². The molecule has 1 nitrogen and oxygen atoms in total. The van der Waals surface area contributed by atoms with Gasteiger partial charge in [-0.25, -0.2) is 0 Å². The molecule has 1 heteroatoms. The van der Waals surface area contributed by atoms with Crippen LogP contribution in [-0.2, 0) is 4.74 Å². The quantitative estimate of drug-likeness (QED) is 0.737. The van der Waals surface area contributed by atoms with E-state index in [1.54, 1.807) is 0 Å². The summed E-state index contributed by atoms with van der Waals surface area (Å²) in [6.45, 7) is 1.76. The predicted octanol–water partition coefficient (Wildman–Crippen LogP) is 3.47. The van der Waals surface area contributed by atoms with Gasteiger partial charge in [0, 0.05) is 5.92 Å². The topological polar surface area (TPSA) is 9.23 Å². The normalized spacial score (nSPS) is 15.8. The van der Waals surface area contributed by atoms with Crippen LogP contribution in [0.5, 0.6) is 0 Å². The summed E-state index contributed by atoms with van der Waals surface area (Å²) in [7, 11) is 0. The molecule has 2 aromatic carbocycles. The van der Waals surface area contributed by atoms with E-state index in [0.717, 1.165) is 13.2 Å². The third kappa shape index (κ3) is 1.74. The van der Waals surface area contributed by atoms with Gasteiger partial charge < -0.3 is 4.74 Å². The first kappa shape index (κ1) is 9.61. The second-order valence-electron chi connectivity index (χ2n) is 4.22. The predicted molar refractivity (Wildman–Crippen MR) is 65.4 cm³/mol. The van der Waals surface area contributed by atoms with Gasteiger partial charge in [0.15, 0.2) is 0 Å². The second kappa shape index (κ2) is 4.11. The van der Waals surface area contributed by atoms with Crippen molar-refractivity contribution in [1.82, 2.24) is 0 Å². The average Bonchev–Trinajstić information content (AvgIpc) is 2.29. The minimum Gasteiger partial charge on any atom is -0.380 e. The van der Waals surface area contributed by atoms with E-state index in [1.165, 1.54) is 16.7 Å². The first-order valence-corrected chi connectivity index (χ1v) is 5.66. The maximum atomic E-state index is 5.20. The molecule has 0 amide bonds. The van der Waals surface area contributed by atoms with Crippen molar-refractivity contribution in [3.05, 3.63) is 60.2 Å². The lowest BCUT2D eigenvalue weighted by Crippen LogP contribution is -2.24. The first-order valence-electron chi connectivity index (χ1n) is 5.66. The molecule has 0 unspecified atom stereocenters. The summed E-state index contributed by atoms with van der Waals surface area (Å²) in [5.74, 6) is 0.616. The van der Waals surface area contributed by atoms with Crippen LogP contribution in [0, 0.1) is 0 Å². The Kier molecular flexibility index (Phi) is 2.47. The summed E-state index contributed by atoms with van der Waals surface area (Å²) >= 11 is 0. The van der Waals surface area contributed by atoms with Crippen LogP contribution in [0.4, 0.5) is 0 Å². The van der Waals surface area contributed by atoms with Gasteiger partial charge in [-0.1, -0.05) is 54.6 Å². The standard InChI is InChI=1S/C15H14O/c1-2-4-12(5-3-1)13-6-8-14(9-7-13)15-10-16-11-15/h1-9,15H,10-11H2. The molecular formula is C15H14O. The molecular weight excluding hydrogens is 196 g/mol. The van der Waals surface area contributed by atoms with Crippen molar-refractivity contribution in [3.8, 4) is 11.1 Å². The minimum atomic E-state index is 0.616. The van der Waals surface area contributed by atoms with Crippen LogP contribution >= 0.6 is 0 Å². The van der Waals surface area contributed by atoms with Gasteiger partial charge in [0.05, 0.1) is 13.2 Å². The lowest BCUT2D eigenvalue weighted by atomic mass is 9.95. The summed E-state index contributed by atoms with van der Waals surface area (Å²) in [5, 5.41) is 0. The summed E-state index contributed by atoms with van der Waals surface area (Å²) in [5.41, 5.74) is 3.95. The Morgan fingerprint density at radius 2 is 1.38 bits per heavy atom. The van der Waals surface area contributed by atoms with Crippen molar-refractivity contribution in [1.29, 1.82) is 0 Å². The lowest BCUT2D eigenvalue weighted by Gasteiger charge is -2.26. The van der Waals surface area contributed by atoms with E-state index >= 15 is 0 Å². The Balaban J connectivity index is 1.87. The number of ether oxygens (including phenoxy) is 1. The molecule has 2 aromatic rings. The Morgan fingerprint density at radius 1 is 0.750 bits per heavy atom. The highest BCUT2D eigenvalue weighted by Crippen LogP contribution is 2.26. The van der Waals surface area contributed by atoms with Gasteiger partial charge in [-0.3, -0.25) is 0 Å². The maximum Gasteiger partial charge on any atom is 0.0557 e. The molecule has 3 rings (SSSR count). The van der Waals surface area contributed by atoms with Gasteiger partial charge in [-0.05, 0) is 16.7 Å². The molecule has 1 fully saturated rings. The van der Waals surface area contributed by atoms with E-state index in [0.29, 0.717) is 5.92 Å². The fourth-order valence-corrected chi connectivity index (χ4v) is 2.01. The number of rotatable bonds is 2. The summed E-state index contributed by atoms with van der Waals surface area (Å²) < 4.78 is 5.20. The highest BCUT2D eigenvalue weighted by molar-refractivity contribution is 5.63. The van der Waals surface area contributed by atoms with Crippen LogP contribution in [0.1, 0.15) is 11.5 Å². The molecule has 0 saturated carbocycles. The van der Waals surface area contributed by atoms with Crippen molar-refractivity contribution in [2.24, 2.45) is 0 Å². The Morgan fingerprint density at radius 3 is 1.94 bits per heavy atom. The Bertz CT molecular complexity index is 455. The monoisotopic (exact) mass is 210 g/mol. The van der Waals surface area contributed by atoms with E-state index in [4.69, 9.17) is 4.74 Å². The second-order valence-corrected chi connectivity index (χ2v) is 4.22. The third-order valence-electron chi connectivity index (χ3n) is 3.13. The molecule has 1 saturated heterocycles. The van der Waals surface area contributed by atoms with Crippen molar-refractivity contribution >= 4 is 0 Å². The first-order chi connectivity index (χ1) is 7.93. The van der Waals surface area contributed by atoms with Crippen molar-refractivity contribution < 1.29 is 4.74 Å². The highest BCUT2D eigenvalue weighted by atomic mass is 16.5. The molecule has 1 aliphatic heterocycles. The van der Waals surface area contributed by atoms with Crippen LogP contribution < -0.4 is 0 Å². The number of hydrogen-bond acceptors (Lipinski definition) is 1. The molecule has 0 N–H and O–H groups in total. The van der Waals surface area contributed by atoms with Gasteiger partial charge in [0.25, 0.3) is 0 Å². The fourth-order valence-electron chi connectivity index (χ4n) is 2.01. The molecule has 0 spiro atoms. The molecule has 0 aromatic heterocycles. The van der Waals surface area contributed by atoms with Crippen LogP contribution in [0.3, 0.4) is 0 Å². The van der Waals surface area contributed by atoms with Crippen molar-refractivity contribution in [2.75, 3.05) is 13.2 Å². The van der Waals surface area contributed by atoms with Gasteiger partial charge in [0.1, 0.15) is 0 Å². The summed E-state index contributed by atoms with van der Waals surface area (Å²) in [6, 6.07) is 19.3. The van der Waals surface area contributed by atoms with E-state index in [1.807, 2.05) is 6.07 Å². The Hall–Kier alpha value is -1.60. The van der Waals surface area contributed by atoms with Gasteiger partial charge in [0.2, 0.25) is 0 Å². The van der Waals surface area contributed by atoms with Crippen molar-refractivity contribution in [2.45, 2.75) is 5.92 Å². The molecule has 1 heterocycles. The van der Waals surface area contributed by atoms with E-state index in [2.05, 4.69) is 48.5 Å². The minimum absolute atomic E-state index is 0.616. The van der Waals surface area contributed by atoms with E-state index in [-0.39, 0.29) is 0 Å². The van der Waals surface area contributed by atoms with Crippen LogP contribution in [0.2, 0.25) is 0 Å². The zero-order chi connectivity index (χ0) is 10.8. The number of benzene rings is 2. The van der Waals surface area contributed by atoms with Gasteiger partial charge in [-0.2, -0.15) is 0 Å². The molecule has 0 radical (unpaired) electrons. The maximum absolute atomic E-state index is 5.20. The molecule has 0 bridgehead atoms. The fraction of sp³-hybridized carbons (Fsp3) is 0.200. The number of hydrogen-bond donors (Lipinski definition) is 0. The highest BCUT2D eigenvalue weighted by Gasteiger charge is 2.19. The summed E-state index contributed by atoms with van der Waals surface area (Å²) in [6.07, 6.45) is 0. The molecule has 16 heavy (non-hydrogen) atoms. The van der Waals surface area contributed by atoms with E-state index in [9.17, 15) is 0 Å². The average molecular weight is 210 g/mol. The van der Waals surface area contributed by atoms with Gasteiger partial charge >= 0.3 is 0 Å². The largest absolute Gasteiger partial charge is 0.380 e. The molecule has 1 aliphatic rings. The zero-order valence-corrected chi connectivity index (χ0v) is 9.10. The SMILES string of the molecule is c1ccc(-c2ccc(C3COC3)cc2)cc1. The van der Waals surface area contributed by atoms with Crippen molar-refractivity contribution in [3.63, 3.8) is 0 Å². The van der Waals surface area contributed by atoms with E-state index < -0.39 is 0 Å².